The van der Waals surface area contributed by atoms with Crippen molar-refractivity contribution in [3.8, 4) is 0 Å². The molecule has 0 saturated heterocycles. The third-order valence-electron chi connectivity index (χ3n) is 2.18. The molecule has 2 aromatic rings. The molecule has 6 nitrogen and oxygen atoms in total. The molecule has 2 heterocycles. The molecule has 88 valence electrons. The van der Waals surface area contributed by atoms with E-state index in [4.69, 9.17) is 9.84 Å². The van der Waals surface area contributed by atoms with Gasteiger partial charge in [0.2, 0.25) is 0 Å². The molecular weight excluding hydrogens is 224 g/mol. The van der Waals surface area contributed by atoms with Gasteiger partial charge in [0.25, 0.3) is 0 Å². The molecule has 0 aromatic carbocycles. The summed E-state index contributed by atoms with van der Waals surface area (Å²) in [5.74, 6) is -1.55. The van der Waals surface area contributed by atoms with E-state index in [9.17, 15) is 9.59 Å². The number of imidazole rings is 1. The number of nitrogens with zero attached hydrogens (tertiary/aromatic N) is 2. The highest BCUT2D eigenvalue weighted by Gasteiger charge is 2.11. The molecule has 0 aliphatic rings. The zero-order valence-electron chi connectivity index (χ0n) is 9.08. The van der Waals surface area contributed by atoms with Gasteiger partial charge >= 0.3 is 11.9 Å². The Morgan fingerprint density at radius 2 is 2.18 bits per heavy atom. The Morgan fingerprint density at radius 1 is 1.41 bits per heavy atom. The second-order valence-corrected chi connectivity index (χ2v) is 3.34. The van der Waals surface area contributed by atoms with Crippen LogP contribution in [-0.4, -0.2) is 33.0 Å². The topological polar surface area (TPSA) is 80.9 Å². The Bertz CT molecular complexity index is 588. The van der Waals surface area contributed by atoms with Crippen molar-refractivity contribution < 1.29 is 19.4 Å². The van der Waals surface area contributed by atoms with Crippen molar-refractivity contribution in [2.75, 3.05) is 6.61 Å². The van der Waals surface area contributed by atoms with Crippen molar-refractivity contribution in [3.05, 3.63) is 35.8 Å². The van der Waals surface area contributed by atoms with Crippen LogP contribution in [0.2, 0.25) is 0 Å². The van der Waals surface area contributed by atoms with E-state index in [0.29, 0.717) is 17.8 Å². The van der Waals surface area contributed by atoms with Gasteiger partial charge in [-0.3, -0.25) is 0 Å². The Kier molecular flexibility index (Phi) is 2.78. The van der Waals surface area contributed by atoms with Crippen molar-refractivity contribution in [2.24, 2.45) is 0 Å². The first kappa shape index (κ1) is 11.1. The zero-order valence-corrected chi connectivity index (χ0v) is 9.08. The summed E-state index contributed by atoms with van der Waals surface area (Å²) in [5.41, 5.74) is 0.759. The van der Waals surface area contributed by atoms with Crippen LogP contribution in [0.25, 0.3) is 5.65 Å². The van der Waals surface area contributed by atoms with Crippen molar-refractivity contribution in [2.45, 2.75) is 6.92 Å². The van der Waals surface area contributed by atoms with Crippen molar-refractivity contribution in [1.82, 2.24) is 9.38 Å². The molecule has 17 heavy (non-hydrogen) atoms. The van der Waals surface area contributed by atoms with Gasteiger partial charge in [-0.25, -0.2) is 14.6 Å². The predicted molar refractivity (Wildman–Crippen MR) is 58.1 cm³/mol. The van der Waals surface area contributed by atoms with Gasteiger partial charge in [0.1, 0.15) is 5.65 Å². The van der Waals surface area contributed by atoms with Gasteiger partial charge in [-0.1, -0.05) is 0 Å². The number of aromatic nitrogens is 2. The molecule has 0 spiro atoms. The minimum atomic E-state index is -1.11. The second-order valence-electron chi connectivity index (χ2n) is 3.34. The lowest BCUT2D eigenvalue weighted by molar-refractivity contribution is 0.0525. The number of carboxylic acid groups (broad SMARTS) is 1. The highest BCUT2D eigenvalue weighted by molar-refractivity contribution is 5.90. The lowest BCUT2D eigenvalue weighted by Crippen LogP contribution is -2.05. The number of carboxylic acids is 1. The normalized spacial score (nSPS) is 10.4. The van der Waals surface area contributed by atoms with Crippen molar-refractivity contribution >= 4 is 17.6 Å². The first-order valence-electron chi connectivity index (χ1n) is 5.01. The minimum absolute atomic E-state index is 0.0639. The first-order valence-corrected chi connectivity index (χ1v) is 5.01. The standard InChI is InChI=1S/C11H10N2O4/c1-2-17-11(16)7-3-4-9-12-8(10(14)15)6-13(9)5-7/h3-6H,2H2,1H3,(H,14,15). The largest absolute Gasteiger partial charge is 0.476 e. The van der Waals surface area contributed by atoms with E-state index in [-0.39, 0.29) is 5.69 Å². The molecule has 2 aromatic heterocycles. The highest BCUT2D eigenvalue weighted by atomic mass is 16.5. The van der Waals surface area contributed by atoms with Crippen LogP contribution in [-0.2, 0) is 4.74 Å². The van der Waals surface area contributed by atoms with Gasteiger partial charge < -0.3 is 14.2 Å². The molecule has 0 atom stereocenters. The molecule has 0 saturated carbocycles. The zero-order chi connectivity index (χ0) is 12.4. The van der Waals surface area contributed by atoms with E-state index >= 15 is 0 Å². The van der Waals surface area contributed by atoms with Crippen LogP contribution in [0.3, 0.4) is 0 Å². The van der Waals surface area contributed by atoms with Crippen LogP contribution in [0.4, 0.5) is 0 Å². The number of aromatic carboxylic acids is 1. The van der Waals surface area contributed by atoms with Crippen LogP contribution in [0.5, 0.6) is 0 Å². The van der Waals surface area contributed by atoms with Gasteiger partial charge in [0.05, 0.1) is 12.2 Å². The van der Waals surface area contributed by atoms with Gasteiger partial charge in [-0.15, -0.1) is 0 Å². The molecule has 1 N–H and O–H groups in total. The maximum Gasteiger partial charge on any atom is 0.356 e. The summed E-state index contributed by atoms with van der Waals surface area (Å²) in [4.78, 5) is 26.1. The number of fused-ring (bicyclic) bond motifs is 1. The van der Waals surface area contributed by atoms with Crippen LogP contribution >= 0.6 is 0 Å². The molecule has 0 bridgehead atoms. The lowest BCUT2D eigenvalue weighted by atomic mass is 10.3. The average molecular weight is 234 g/mol. The molecule has 0 aliphatic heterocycles. The molecule has 0 aliphatic carbocycles. The molecule has 0 amide bonds. The smallest absolute Gasteiger partial charge is 0.356 e. The molecule has 6 heteroatoms. The monoisotopic (exact) mass is 234 g/mol. The minimum Gasteiger partial charge on any atom is -0.476 e. The average Bonchev–Trinajstić information content (AvgIpc) is 2.71. The fourth-order valence-electron chi connectivity index (χ4n) is 1.43. The van der Waals surface area contributed by atoms with Gasteiger partial charge in [-0.05, 0) is 19.1 Å². The van der Waals surface area contributed by atoms with Gasteiger partial charge in [0.15, 0.2) is 5.69 Å². The number of hydrogen-bond donors (Lipinski definition) is 1. The maximum absolute atomic E-state index is 11.5. The Hall–Kier alpha value is -2.37. The molecular formula is C11H10N2O4. The van der Waals surface area contributed by atoms with Crippen molar-refractivity contribution in [3.63, 3.8) is 0 Å². The molecule has 0 unspecified atom stereocenters. The Morgan fingerprint density at radius 3 is 2.82 bits per heavy atom. The van der Waals surface area contributed by atoms with Crippen LogP contribution in [0, 0.1) is 0 Å². The first-order chi connectivity index (χ1) is 8.11. The van der Waals surface area contributed by atoms with Crippen LogP contribution in [0.1, 0.15) is 27.8 Å². The fourth-order valence-corrected chi connectivity index (χ4v) is 1.43. The summed E-state index contributed by atoms with van der Waals surface area (Å²) < 4.78 is 6.32. The second kappa shape index (κ2) is 4.25. The summed E-state index contributed by atoms with van der Waals surface area (Å²) in [6.45, 7) is 2.01. The predicted octanol–water partition coefficient (Wildman–Crippen LogP) is 1.21. The quantitative estimate of drug-likeness (QED) is 0.807. The summed E-state index contributed by atoms with van der Waals surface area (Å²) >= 11 is 0. The van der Waals surface area contributed by atoms with E-state index < -0.39 is 11.9 Å². The van der Waals surface area contributed by atoms with E-state index in [0.717, 1.165) is 0 Å². The number of esters is 1. The van der Waals surface area contributed by atoms with Crippen LogP contribution < -0.4 is 0 Å². The number of rotatable bonds is 3. The van der Waals surface area contributed by atoms with E-state index in [1.807, 2.05) is 0 Å². The maximum atomic E-state index is 11.5. The van der Waals surface area contributed by atoms with E-state index in [1.165, 1.54) is 16.8 Å². The third kappa shape index (κ3) is 2.10. The highest BCUT2D eigenvalue weighted by Crippen LogP contribution is 2.09. The summed E-state index contributed by atoms with van der Waals surface area (Å²) in [6, 6.07) is 3.12. The Balaban J connectivity index is 2.43. The summed E-state index contributed by atoms with van der Waals surface area (Å²) in [6.07, 6.45) is 2.84. The molecule has 0 radical (unpaired) electrons. The number of carbonyl (C=O) groups excluding carboxylic acids is 1. The van der Waals surface area contributed by atoms with Crippen LogP contribution in [0.15, 0.2) is 24.5 Å². The van der Waals surface area contributed by atoms with Gasteiger partial charge in [-0.2, -0.15) is 0 Å². The number of pyridine rings is 1. The summed E-state index contributed by atoms with van der Waals surface area (Å²) in [5, 5.41) is 8.78. The fraction of sp³-hybridized carbons (Fsp3) is 0.182. The SMILES string of the molecule is CCOC(=O)c1ccc2nc(C(=O)O)cn2c1. The molecule has 2 rings (SSSR count). The van der Waals surface area contributed by atoms with Gasteiger partial charge in [0, 0.05) is 12.4 Å². The number of carbonyl (C=O) groups is 2. The number of ether oxygens (including phenoxy) is 1. The lowest BCUT2D eigenvalue weighted by Gasteiger charge is -2.01. The molecule has 0 fully saturated rings. The summed E-state index contributed by atoms with van der Waals surface area (Å²) in [7, 11) is 0. The van der Waals surface area contributed by atoms with E-state index in [1.54, 1.807) is 19.1 Å². The van der Waals surface area contributed by atoms with E-state index in [2.05, 4.69) is 4.98 Å². The number of hydrogen-bond acceptors (Lipinski definition) is 4. The Labute approximate surface area is 96.5 Å². The third-order valence-corrected chi connectivity index (χ3v) is 2.18. The van der Waals surface area contributed by atoms with Crippen molar-refractivity contribution in [1.29, 1.82) is 0 Å².